The van der Waals surface area contributed by atoms with Crippen LogP contribution in [0.15, 0.2) is 46.9 Å². The molecule has 0 amide bonds. The molecule has 0 aromatic heterocycles. The van der Waals surface area contributed by atoms with Crippen LogP contribution in [-0.2, 0) is 12.8 Å². The van der Waals surface area contributed by atoms with Crippen molar-refractivity contribution in [1.29, 1.82) is 0 Å². The van der Waals surface area contributed by atoms with Gasteiger partial charge in [0, 0.05) is 10.5 Å². The van der Waals surface area contributed by atoms with E-state index in [1.54, 1.807) is 0 Å². The minimum atomic E-state index is -0.681. The molecule has 0 spiro atoms. The summed E-state index contributed by atoms with van der Waals surface area (Å²) in [5.41, 5.74) is 1.42. The smallest absolute Gasteiger partial charge is 0.126 e. The van der Waals surface area contributed by atoms with E-state index in [4.69, 9.17) is 0 Å². The second kappa shape index (κ2) is 6.26. The fraction of sp³-hybridized carbons (Fsp3) is 0.200. The maximum Gasteiger partial charge on any atom is 0.126 e. The first-order valence-electron chi connectivity index (χ1n) is 5.91. The lowest BCUT2D eigenvalue weighted by molar-refractivity contribution is 0.175. The Hall–Kier alpha value is -1.26. The first-order chi connectivity index (χ1) is 9.04. The normalized spacial score (nSPS) is 12.4. The summed E-state index contributed by atoms with van der Waals surface area (Å²) in [6, 6.07) is 10.9. The molecule has 0 aliphatic heterocycles. The fourth-order valence-corrected chi connectivity index (χ4v) is 2.44. The SMILES string of the molecule is OC(Cc1cc(F)cc(F)c1)Cc1ccccc1Br. The maximum absolute atomic E-state index is 13.0. The minimum Gasteiger partial charge on any atom is -0.392 e. The molecule has 0 saturated heterocycles. The molecule has 0 aliphatic rings. The summed E-state index contributed by atoms with van der Waals surface area (Å²) in [5.74, 6) is -1.24. The van der Waals surface area contributed by atoms with Gasteiger partial charge in [-0.3, -0.25) is 0 Å². The molecular formula is C15H13BrF2O. The summed E-state index contributed by atoms with van der Waals surface area (Å²) in [6.45, 7) is 0. The lowest BCUT2D eigenvalue weighted by Gasteiger charge is -2.12. The molecule has 1 nitrogen and oxygen atoms in total. The second-order valence-electron chi connectivity index (χ2n) is 4.43. The summed E-state index contributed by atoms with van der Waals surface area (Å²) >= 11 is 3.40. The summed E-state index contributed by atoms with van der Waals surface area (Å²) in [5, 5.41) is 10.00. The predicted octanol–water partition coefficient (Wildman–Crippen LogP) is 3.87. The molecule has 0 radical (unpaired) electrons. The molecular weight excluding hydrogens is 314 g/mol. The quantitative estimate of drug-likeness (QED) is 0.904. The van der Waals surface area contributed by atoms with Crippen molar-refractivity contribution in [3.63, 3.8) is 0 Å². The number of hydrogen-bond acceptors (Lipinski definition) is 1. The van der Waals surface area contributed by atoms with E-state index in [2.05, 4.69) is 15.9 Å². The Bertz CT molecular complexity index is 552. The van der Waals surface area contributed by atoms with Crippen LogP contribution in [0.3, 0.4) is 0 Å². The van der Waals surface area contributed by atoms with Crippen LogP contribution in [0.2, 0.25) is 0 Å². The molecule has 1 atom stereocenters. The Morgan fingerprint density at radius 3 is 2.26 bits per heavy atom. The van der Waals surface area contributed by atoms with E-state index in [9.17, 15) is 13.9 Å². The van der Waals surface area contributed by atoms with Crippen molar-refractivity contribution >= 4 is 15.9 Å². The molecule has 1 unspecified atom stereocenters. The van der Waals surface area contributed by atoms with Crippen LogP contribution >= 0.6 is 15.9 Å². The molecule has 0 fully saturated rings. The molecule has 1 N–H and O–H groups in total. The van der Waals surface area contributed by atoms with Gasteiger partial charge in [-0.05, 0) is 42.2 Å². The van der Waals surface area contributed by atoms with Crippen LogP contribution in [0.5, 0.6) is 0 Å². The molecule has 2 aromatic carbocycles. The van der Waals surface area contributed by atoms with Crippen LogP contribution in [0.4, 0.5) is 8.78 Å². The number of benzene rings is 2. The predicted molar refractivity (Wildman–Crippen MR) is 73.9 cm³/mol. The lowest BCUT2D eigenvalue weighted by Crippen LogP contribution is -2.14. The van der Waals surface area contributed by atoms with E-state index in [0.717, 1.165) is 16.1 Å². The molecule has 2 rings (SSSR count). The van der Waals surface area contributed by atoms with Crippen LogP contribution < -0.4 is 0 Å². The van der Waals surface area contributed by atoms with Gasteiger partial charge in [0.2, 0.25) is 0 Å². The van der Waals surface area contributed by atoms with Gasteiger partial charge in [-0.1, -0.05) is 34.1 Å². The van der Waals surface area contributed by atoms with Gasteiger partial charge >= 0.3 is 0 Å². The van der Waals surface area contributed by atoms with Crippen molar-refractivity contribution < 1.29 is 13.9 Å². The van der Waals surface area contributed by atoms with Crippen LogP contribution in [0.25, 0.3) is 0 Å². The Labute approximate surface area is 119 Å². The van der Waals surface area contributed by atoms with Gasteiger partial charge in [0.1, 0.15) is 11.6 Å². The molecule has 100 valence electrons. The third-order valence-electron chi connectivity index (χ3n) is 2.81. The third kappa shape index (κ3) is 4.11. The van der Waals surface area contributed by atoms with Crippen molar-refractivity contribution in [3.8, 4) is 0 Å². The molecule has 4 heteroatoms. The van der Waals surface area contributed by atoms with Crippen LogP contribution in [0, 0.1) is 11.6 Å². The standard InChI is InChI=1S/C15H13BrF2O/c16-15-4-2-1-3-11(15)8-14(19)7-10-5-12(17)9-13(18)6-10/h1-6,9,14,19H,7-8H2. The number of aliphatic hydroxyl groups excluding tert-OH is 1. The lowest BCUT2D eigenvalue weighted by atomic mass is 10.0. The van der Waals surface area contributed by atoms with Crippen molar-refractivity contribution in [2.75, 3.05) is 0 Å². The van der Waals surface area contributed by atoms with Crippen molar-refractivity contribution in [3.05, 3.63) is 69.7 Å². The van der Waals surface area contributed by atoms with Gasteiger partial charge in [-0.25, -0.2) is 8.78 Å². The van der Waals surface area contributed by atoms with E-state index < -0.39 is 17.7 Å². The highest BCUT2D eigenvalue weighted by molar-refractivity contribution is 9.10. The second-order valence-corrected chi connectivity index (χ2v) is 5.29. The zero-order chi connectivity index (χ0) is 13.8. The van der Waals surface area contributed by atoms with Crippen molar-refractivity contribution in [2.24, 2.45) is 0 Å². The molecule has 0 aliphatic carbocycles. The molecule has 19 heavy (non-hydrogen) atoms. The largest absolute Gasteiger partial charge is 0.392 e. The van der Waals surface area contributed by atoms with Gasteiger partial charge in [0.05, 0.1) is 6.10 Å². The monoisotopic (exact) mass is 326 g/mol. The van der Waals surface area contributed by atoms with Gasteiger partial charge in [-0.15, -0.1) is 0 Å². The number of halogens is 3. The highest BCUT2D eigenvalue weighted by atomic mass is 79.9. The maximum atomic E-state index is 13.0. The first-order valence-corrected chi connectivity index (χ1v) is 6.70. The van der Waals surface area contributed by atoms with Crippen molar-refractivity contribution in [2.45, 2.75) is 18.9 Å². The summed E-state index contributed by atoms with van der Waals surface area (Å²) in [4.78, 5) is 0. The number of rotatable bonds is 4. The fourth-order valence-electron chi connectivity index (χ4n) is 1.99. The first kappa shape index (κ1) is 14.2. The summed E-state index contributed by atoms with van der Waals surface area (Å²) in [6.07, 6.45) is -0.0323. The Morgan fingerprint density at radius 2 is 1.63 bits per heavy atom. The van der Waals surface area contributed by atoms with Crippen molar-refractivity contribution in [1.82, 2.24) is 0 Å². The topological polar surface area (TPSA) is 20.2 Å². The van der Waals surface area contributed by atoms with E-state index in [0.29, 0.717) is 12.0 Å². The molecule has 0 saturated carbocycles. The van der Waals surface area contributed by atoms with E-state index in [-0.39, 0.29) is 6.42 Å². The Kier molecular flexibility index (Phi) is 4.66. The third-order valence-corrected chi connectivity index (χ3v) is 3.58. The zero-order valence-electron chi connectivity index (χ0n) is 10.1. The minimum absolute atomic E-state index is 0.218. The van der Waals surface area contributed by atoms with E-state index in [1.807, 2.05) is 24.3 Å². The van der Waals surface area contributed by atoms with E-state index >= 15 is 0 Å². The zero-order valence-corrected chi connectivity index (χ0v) is 11.7. The van der Waals surface area contributed by atoms with Gasteiger partial charge in [0.25, 0.3) is 0 Å². The van der Waals surface area contributed by atoms with Crippen LogP contribution in [-0.4, -0.2) is 11.2 Å². The van der Waals surface area contributed by atoms with Crippen LogP contribution in [0.1, 0.15) is 11.1 Å². The average Bonchev–Trinajstić information content (AvgIpc) is 2.30. The van der Waals surface area contributed by atoms with Gasteiger partial charge < -0.3 is 5.11 Å². The summed E-state index contributed by atoms with van der Waals surface area (Å²) < 4.78 is 27.0. The molecule has 0 heterocycles. The molecule has 2 aromatic rings. The Balaban J connectivity index is 2.05. The van der Waals surface area contributed by atoms with E-state index in [1.165, 1.54) is 12.1 Å². The highest BCUT2D eigenvalue weighted by Gasteiger charge is 2.10. The summed E-state index contributed by atoms with van der Waals surface area (Å²) in [7, 11) is 0. The average molecular weight is 327 g/mol. The highest BCUT2D eigenvalue weighted by Crippen LogP contribution is 2.19. The van der Waals surface area contributed by atoms with Gasteiger partial charge in [0.15, 0.2) is 0 Å². The number of hydrogen-bond donors (Lipinski definition) is 1. The van der Waals surface area contributed by atoms with Gasteiger partial charge in [-0.2, -0.15) is 0 Å². The molecule has 0 bridgehead atoms. The Morgan fingerprint density at radius 1 is 1.00 bits per heavy atom. The number of aliphatic hydroxyl groups is 1.